The molecule has 4 nitrogen and oxygen atoms in total. The van der Waals surface area contributed by atoms with Gasteiger partial charge in [-0.1, -0.05) is 0 Å². The van der Waals surface area contributed by atoms with E-state index in [1.54, 1.807) is 12.3 Å². The summed E-state index contributed by atoms with van der Waals surface area (Å²) in [6.45, 7) is 0. The van der Waals surface area contributed by atoms with Gasteiger partial charge in [0.2, 0.25) is 0 Å². The fraction of sp³-hybridized carbons (Fsp3) is 0.375. The molecular formula is C8H12N2O2S. The molecular weight excluding hydrogens is 188 g/mol. The number of sulfone groups is 1. The van der Waals surface area contributed by atoms with Gasteiger partial charge >= 0.3 is 0 Å². The smallest absolute Gasteiger partial charge is 0.147 e. The predicted molar refractivity (Wildman–Crippen MR) is 52.1 cm³/mol. The van der Waals surface area contributed by atoms with Gasteiger partial charge in [-0.05, 0) is 18.1 Å². The van der Waals surface area contributed by atoms with Crippen molar-refractivity contribution in [3.8, 4) is 0 Å². The lowest BCUT2D eigenvalue weighted by Gasteiger charge is -2.00. The molecule has 0 unspecified atom stereocenters. The van der Waals surface area contributed by atoms with Gasteiger partial charge in [-0.15, -0.1) is 0 Å². The first kappa shape index (κ1) is 9.98. The van der Waals surface area contributed by atoms with Crippen LogP contribution in [0, 0.1) is 0 Å². The van der Waals surface area contributed by atoms with Crippen LogP contribution in [0.15, 0.2) is 18.5 Å². The van der Waals surface area contributed by atoms with Crippen molar-refractivity contribution in [3.05, 3.63) is 24.0 Å². The normalized spacial score (nSPS) is 11.5. The Labute approximate surface area is 77.7 Å². The van der Waals surface area contributed by atoms with Crippen molar-refractivity contribution < 1.29 is 8.42 Å². The zero-order valence-corrected chi connectivity index (χ0v) is 8.21. The second kappa shape index (κ2) is 3.74. The van der Waals surface area contributed by atoms with Gasteiger partial charge < -0.3 is 5.73 Å². The fourth-order valence-electron chi connectivity index (χ4n) is 0.948. The number of anilines is 1. The van der Waals surface area contributed by atoms with Crippen LogP contribution in [0.25, 0.3) is 0 Å². The van der Waals surface area contributed by atoms with Gasteiger partial charge in [0.25, 0.3) is 0 Å². The van der Waals surface area contributed by atoms with E-state index in [9.17, 15) is 8.42 Å². The van der Waals surface area contributed by atoms with Gasteiger partial charge in [0.1, 0.15) is 9.84 Å². The van der Waals surface area contributed by atoms with E-state index in [4.69, 9.17) is 5.73 Å². The number of aromatic nitrogens is 1. The molecule has 0 aliphatic rings. The van der Waals surface area contributed by atoms with Crippen molar-refractivity contribution >= 4 is 15.5 Å². The highest BCUT2D eigenvalue weighted by molar-refractivity contribution is 7.90. The maximum atomic E-state index is 10.8. The van der Waals surface area contributed by atoms with Crippen LogP contribution in [0.4, 0.5) is 5.69 Å². The molecule has 0 saturated heterocycles. The van der Waals surface area contributed by atoms with Gasteiger partial charge in [-0.3, -0.25) is 4.98 Å². The second-order valence-electron chi connectivity index (χ2n) is 3.01. The molecule has 0 saturated carbocycles. The predicted octanol–water partition coefficient (Wildman–Crippen LogP) is 0.251. The van der Waals surface area contributed by atoms with E-state index in [1.807, 2.05) is 0 Å². The average molecular weight is 200 g/mol. The average Bonchev–Trinajstić information content (AvgIpc) is 2.00. The molecule has 1 aromatic heterocycles. The molecule has 72 valence electrons. The van der Waals surface area contributed by atoms with Crippen LogP contribution in [0.3, 0.4) is 0 Å². The lowest BCUT2D eigenvalue weighted by Crippen LogP contribution is -2.06. The van der Waals surface area contributed by atoms with E-state index >= 15 is 0 Å². The number of nitrogen functional groups attached to an aromatic ring is 1. The zero-order chi connectivity index (χ0) is 9.90. The lowest BCUT2D eigenvalue weighted by atomic mass is 10.2. The Bertz CT molecular complexity index is 387. The molecule has 0 bridgehead atoms. The largest absolute Gasteiger partial charge is 0.397 e. The van der Waals surface area contributed by atoms with Crippen molar-refractivity contribution in [1.82, 2.24) is 4.98 Å². The summed E-state index contributed by atoms with van der Waals surface area (Å²) in [7, 11) is -2.90. The Morgan fingerprint density at radius 2 is 2.15 bits per heavy atom. The summed E-state index contributed by atoms with van der Waals surface area (Å²) in [5, 5.41) is 0. The maximum Gasteiger partial charge on any atom is 0.147 e. The Morgan fingerprint density at radius 3 is 2.69 bits per heavy atom. The summed E-state index contributed by atoms with van der Waals surface area (Å²) in [4.78, 5) is 3.87. The number of hydrogen-bond donors (Lipinski definition) is 1. The van der Waals surface area contributed by atoms with Crippen LogP contribution < -0.4 is 5.73 Å². The Hall–Kier alpha value is -1.10. The molecule has 13 heavy (non-hydrogen) atoms. The zero-order valence-electron chi connectivity index (χ0n) is 7.40. The molecule has 2 N–H and O–H groups in total. The van der Waals surface area contributed by atoms with Gasteiger partial charge in [0, 0.05) is 18.6 Å². The third kappa shape index (κ3) is 3.89. The first-order valence-corrected chi connectivity index (χ1v) is 5.90. The number of nitrogens with two attached hydrogens (primary N) is 1. The summed E-state index contributed by atoms with van der Waals surface area (Å²) in [6, 6.07) is 1.73. The standard InChI is InChI=1S/C8H12N2O2S/c1-13(11,12)3-2-7-4-8(9)6-10-5-7/h4-6H,2-3,9H2,1H3. The highest BCUT2D eigenvalue weighted by atomic mass is 32.2. The topological polar surface area (TPSA) is 73.0 Å². The van der Waals surface area contributed by atoms with Gasteiger partial charge in [-0.25, -0.2) is 8.42 Å². The minimum atomic E-state index is -2.90. The lowest BCUT2D eigenvalue weighted by molar-refractivity contribution is 0.601. The van der Waals surface area contributed by atoms with E-state index in [0.29, 0.717) is 12.1 Å². The third-order valence-electron chi connectivity index (χ3n) is 1.58. The SMILES string of the molecule is CS(=O)(=O)CCc1cncc(N)c1. The molecule has 0 amide bonds. The summed E-state index contributed by atoms with van der Waals surface area (Å²) >= 11 is 0. The van der Waals surface area contributed by atoms with Crippen molar-refractivity contribution in [3.63, 3.8) is 0 Å². The number of nitrogens with zero attached hydrogens (tertiary/aromatic N) is 1. The van der Waals surface area contributed by atoms with Gasteiger partial charge in [-0.2, -0.15) is 0 Å². The van der Waals surface area contributed by atoms with Crippen LogP contribution in [-0.4, -0.2) is 25.4 Å². The molecule has 0 spiro atoms. The quantitative estimate of drug-likeness (QED) is 0.759. The molecule has 0 fully saturated rings. The van der Waals surface area contributed by atoms with Crippen molar-refractivity contribution in [2.24, 2.45) is 0 Å². The van der Waals surface area contributed by atoms with E-state index in [-0.39, 0.29) is 5.75 Å². The highest BCUT2D eigenvalue weighted by Gasteiger charge is 2.02. The van der Waals surface area contributed by atoms with E-state index in [2.05, 4.69) is 4.98 Å². The van der Waals surface area contributed by atoms with Gasteiger partial charge in [0.15, 0.2) is 0 Å². The number of aryl methyl sites for hydroxylation is 1. The first-order valence-electron chi connectivity index (χ1n) is 3.84. The van der Waals surface area contributed by atoms with E-state index in [0.717, 1.165) is 5.56 Å². The molecule has 1 heterocycles. The Kier molecular flexibility index (Phi) is 2.87. The molecule has 0 aliphatic heterocycles. The fourth-order valence-corrected chi connectivity index (χ4v) is 1.55. The molecule has 5 heteroatoms. The number of pyridine rings is 1. The van der Waals surface area contributed by atoms with Crippen molar-refractivity contribution in [2.45, 2.75) is 6.42 Å². The van der Waals surface area contributed by atoms with Crippen molar-refractivity contribution in [1.29, 1.82) is 0 Å². The third-order valence-corrected chi connectivity index (χ3v) is 2.52. The number of rotatable bonds is 3. The van der Waals surface area contributed by atoms with Crippen LogP contribution in [0.2, 0.25) is 0 Å². The van der Waals surface area contributed by atoms with E-state index < -0.39 is 9.84 Å². The second-order valence-corrected chi connectivity index (χ2v) is 5.27. The van der Waals surface area contributed by atoms with Gasteiger partial charge in [0.05, 0.1) is 11.4 Å². The minimum absolute atomic E-state index is 0.137. The Morgan fingerprint density at radius 1 is 1.46 bits per heavy atom. The summed E-state index contributed by atoms with van der Waals surface area (Å²) in [5.41, 5.74) is 6.90. The van der Waals surface area contributed by atoms with Crippen molar-refractivity contribution in [2.75, 3.05) is 17.7 Å². The monoisotopic (exact) mass is 200 g/mol. The molecule has 0 atom stereocenters. The highest BCUT2D eigenvalue weighted by Crippen LogP contribution is 2.05. The van der Waals surface area contributed by atoms with Crippen LogP contribution in [-0.2, 0) is 16.3 Å². The summed E-state index contributed by atoms with van der Waals surface area (Å²) in [6.07, 6.45) is 4.84. The first-order chi connectivity index (χ1) is 5.97. The molecule has 0 aliphatic carbocycles. The molecule has 1 rings (SSSR count). The summed E-state index contributed by atoms with van der Waals surface area (Å²) in [5.74, 6) is 0.137. The molecule has 1 aromatic rings. The molecule has 0 aromatic carbocycles. The summed E-state index contributed by atoms with van der Waals surface area (Å²) < 4.78 is 21.7. The number of hydrogen-bond acceptors (Lipinski definition) is 4. The van der Waals surface area contributed by atoms with Crippen LogP contribution >= 0.6 is 0 Å². The van der Waals surface area contributed by atoms with E-state index in [1.165, 1.54) is 12.5 Å². The Balaban J connectivity index is 2.65. The minimum Gasteiger partial charge on any atom is -0.397 e. The molecule has 0 radical (unpaired) electrons. The maximum absolute atomic E-state index is 10.8. The van der Waals surface area contributed by atoms with Crippen LogP contribution in [0.1, 0.15) is 5.56 Å². The van der Waals surface area contributed by atoms with Crippen LogP contribution in [0.5, 0.6) is 0 Å².